The van der Waals surface area contributed by atoms with Crippen LogP contribution in [-0.2, 0) is 6.54 Å². The highest BCUT2D eigenvalue weighted by atomic mass is 16.1. The molecule has 0 unspecified atom stereocenters. The first-order chi connectivity index (χ1) is 6.93. The molecule has 1 aliphatic heterocycles. The lowest BCUT2D eigenvalue weighted by atomic mass is 10.0. The van der Waals surface area contributed by atoms with E-state index < -0.39 is 0 Å². The highest BCUT2D eigenvalue weighted by Gasteiger charge is 2.37. The van der Waals surface area contributed by atoms with Crippen molar-refractivity contribution in [2.24, 2.45) is 0 Å². The Bertz CT molecular complexity index is 434. The second-order valence-electron chi connectivity index (χ2n) is 4.95. The lowest BCUT2D eigenvalue weighted by molar-refractivity contribution is 0.424. The van der Waals surface area contributed by atoms with Gasteiger partial charge in [-0.1, -0.05) is 0 Å². The van der Waals surface area contributed by atoms with Crippen LogP contribution in [0.2, 0.25) is 0 Å². The minimum absolute atomic E-state index is 0.0106. The summed E-state index contributed by atoms with van der Waals surface area (Å²) in [5, 5.41) is 0. The molecule has 0 aliphatic carbocycles. The van der Waals surface area contributed by atoms with E-state index in [9.17, 15) is 4.79 Å². The zero-order valence-corrected chi connectivity index (χ0v) is 9.69. The summed E-state index contributed by atoms with van der Waals surface area (Å²) in [6.07, 6.45) is 1.59. The van der Waals surface area contributed by atoms with Crippen LogP contribution in [0.1, 0.15) is 27.7 Å². The molecular formula is C11H17N3O. The fraction of sp³-hybridized carbons (Fsp3) is 0.636. The molecule has 2 heterocycles. The summed E-state index contributed by atoms with van der Waals surface area (Å²) in [6, 6.07) is 2.30. The van der Waals surface area contributed by atoms with Crippen molar-refractivity contribution < 1.29 is 0 Å². The summed E-state index contributed by atoms with van der Waals surface area (Å²) in [7, 11) is 0. The maximum absolute atomic E-state index is 11.6. The Morgan fingerprint density at radius 1 is 1.47 bits per heavy atom. The number of aromatic nitrogens is 2. The number of anilines is 1. The predicted octanol–water partition coefficient (Wildman–Crippen LogP) is 1.25. The lowest BCUT2D eigenvalue weighted by Crippen LogP contribution is -2.45. The number of rotatable bonds is 1. The standard InChI is InChI=1S/C11H17N3O/c1-8(2)14-9-5-6-12-10(15)13(9)7-11(14,3)4/h5-6,8H,7H2,1-4H3. The Morgan fingerprint density at radius 2 is 2.13 bits per heavy atom. The van der Waals surface area contributed by atoms with Gasteiger partial charge in [0.1, 0.15) is 5.82 Å². The van der Waals surface area contributed by atoms with Gasteiger partial charge in [0.15, 0.2) is 0 Å². The molecule has 4 heteroatoms. The largest absolute Gasteiger partial charge is 0.349 e. The second kappa shape index (κ2) is 3.08. The van der Waals surface area contributed by atoms with E-state index in [0.29, 0.717) is 12.6 Å². The highest BCUT2D eigenvalue weighted by Crippen LogP contribution is 2.33. The molecule has 0 atom stereocenters. The average Bonchev–Trinajstić information content (AvgIpc) is 2.36. The fourth-order valence-corrected chi connectivity index (χ4v) is 2.52. The van der Waals surface area contributed by atoms with Crippen molar-refractivity contribution in [3.63, 3.8) is 0 Å². The lowest BCUT2D eigenvalue weighted by Gasteiger charge is -2.36. The van der Waals surface area contributed by atoms with Gasteiger partial charge < -0.3 is 4.90 Å². The Balaban J connectivity index is 2.60. The summed E-state index contributed by atoms with van der Waals surface area (Å²) in [5.74, 6) is 0.981. The number of fused-ring (bicyclic) bond motifs is 1. The van der Waals surface area contributed by atoms with Crippen LogP contribution >= 0.6 is 0 Å². The molecule has 0 aromatic carbocycles. The van der Waals surface area contributed by atoms with Crippen molar-refractivity contribution >= 4 is 5.82 Å². The SMILES string of the molecule is CC(C)N1c2ccnc(=O)n2CC1(C)C. The third-order valence-electron chi connectivity index (χ3n) is 2.88. The zero-order valence-electron chi connectivity index (χ0n) is 9.69. The third-order valence-corrected chi connectivity index (χ3v) is 2.88. The third kappa shape index (κ3) is 1.44. The summed E-state index contributed by atoms with van der Waals surface area (Å²) in [6.45, 7) is 9.30. The second-order valence-corrected chi connectivity index (χ2v) is 4.95. The molecule has 82 valence electrons. The van der Waals surface area contributed by atoms with E-state index in [0.717, 1.165) is 5.82 Å². The summed E-state index contributed by atoms with van der Waals surface area (Å²) < 4.78 is 1.75. The van der Waals surface area contributed by atoms with Crippen LogP contribution in [-0.4, -0.2) is 21.1 Å². The first-order valence-electron chi connectivity index (χ1n) is 5.29. The number of hydrogen-bond acceptors (Lipinski definition) is 3. The Kier molecular flexibility index (Phi) is 2.10. The first kappa shape index (κ1) is 10.2. The molecule has 0 radical (unpaired) electrons. The van der Waals surface area contributed by atoms with Crippen molar-refractivity contribution in [2.45, 2.75) is 45.8 Å². The zero-order chi connectivity index (χ0) is 11.2. The van der Waals surface area contributed by atoms with Gasteiger partial charge >= 0.3 is 5.69 Å². The van der Waals surface area contributed by atoms with Crippen LogP contribution in [0, 0.1) is 0 Å². The van der Waals surface area contributed by atoms with E-state index in [2.05, 4.69) is 37.6 Å². The molecule has 4 nitrogen and oxygen atoms in total. The van der Waals surface area contributed by atoms with Crippen molar-refractivity contribution in [2.75, 3.05) is 4.90 Å². The number of nitrogens with zero attached hydrogens (tertiary/aromatic N) is 3. The molecule has 0 saturated heterocycles. The van der Waals surface area contributed by atoms with Gasteiger partial charge in [-0.2, -0.15) is 0 Å². The van der Waals surface area contributed by atoms with Crippen molar-refractivity contribution in [3.8, 4) is 0 Å². The van der Waals surface area contributed by atoms with E-state index >= 15 is 0 Å². The molecule has 0 amide bonds. The van der Waals surface area contributed by atoms with Crippen LogP contribution in [0.3, 0.4) is 0 Å². The van der Waals surface area contributed by atoms with E-state index in [1.807, 2.05) is 6.07 Å². The molecule has 2 rings (SSSR count). The molecule has 0 N–H and O–H groups in total. The fourth-order valence-electron chi connectivity index (χ4n) is 2.52. The monoisotopic (exact) mass is 207 g/mol. The van der Waals surface area contributed by atoms with Crippen LogP contribution in [0.5, 0.6) is 0 Å². The Morgan fingerprint density at radius 3 is 2.73 bits per heavy atom. The first-order valence-corrected chi connectivity index (χ1v) is 5.29. The van der Waals surface area contributed by atoms with Crippen LogP contribution in [0.25, 0.3) is 0 Å². The van der Waals surface area contributed by atoms with Gasteiger partial charge in [-0.05, 0) is 33.8 Å². The molecule has 0 fully saturated rings. The van der Waals surface area contributed by atoms with Crippen molar-refractivity contribution in [1.29, 1.82) is 0 Å². The van der Waals surface area contributed by atoms with E-state index in [1.165, 1.54) is 0 Å². The highest BCUT2D eigenvalue weighted by molar-refractivity contribution is 5.46. The molecule has 0 spiro atoms. The minimum Gasteiger partial charge on any atom is -0.348 e. The van der Waals surface area contributed by atoms with Crippen LogP contribution in [0.4, 0.5) is 5.82 Å². The molecule has 1 aliphatic rings. The van der Waals surface area contributed by atoms with Gasteiger partial charge in [-0.25, -0.2) is 9.78 Å². The topological polar surface area (TPSA) is 38.1 Å². The smallest absolute Gasteiger partial charge is 0.348 e. The normalized spacial score (nSPS) is 18.3. The van der Waals surface area contributed by atoms with Gasteiger partial charge in [0.2, 0.25) is 0 Å². The number of hydrogen-bond donors (Lipinski definition) is 0. The van der Waals surface area contributed by atoms with Gasteiger partial charge in [-0.15, -0.1) is 0 Å². The van der Waals surface area contributed by atoms with Gasteiger partial charge in [0, 0.05) is 12.2 Å². The van der Waals surface area contributed by atoms with Gasteiger partial charge in [0.05, 0.1) is 12.1 Å². The van der Waals surface area contributed by atoms with E-state index in [-0.39, 0.29) is 11.2 Å². The molecular weight excluding hydrogens is 190 g/mol. The summed E-state index contributed by atoms with van der Waals surface area (Å²) in [4.78, 5) is 17.7. The van der Waals surface area contributed by atoms with E-state index in [4.69, 9.17) is 0 Å². The maximum Gasteiger partial charge on any atom is 0.349 e. The molecule has 15 heavy (non-hydrogen) atoms. The average molecular weight is 207 g/mol. The van der Waals surface area contributed by atoms with Crippen LogP contribution < -0.4 is 10.6 Å². The predicted molar refractivity (Wildman–Crippen MR) is 60.2 cm³/mol. The van der Waals surface area contributed by atoms with Gasteiger partial charge in [-0.3, -0.25) is 4.57 Å². The quantitative estimate of drug-likeness (QED) is 0.695. The molecule has 1 aromatic rings. The molecule has 0 saturated carbocycles. The minimum atomic E-state index is -0.149. The van der Waals surface area contributed by atoms with E-state index in [1.54, 1.807) is 10.8 Å². The Hall–Kier alpha value is -1.32. The van der Waals surface area contributed by atoms with Crippen LogP contribution in [0.15, 0.2) is 17.1 Å². The maximum atomic E-state index is 11.6. The Labute approximate surface area is 89.6 Å². The molecule has 1 aromatic heterocycles. The van der Waals surface area contributed by atoms with Crippen molar-refractivity contribution in [1.82, 2.24) is 9.55 Å². The summed E-state index contributed by atoms with van der Waals surface area (Å²) >= 11 is 0. The summed E-state index contributed by atoms with van der Waals surface area (Å²) in [5.41, 5.74) is -0.160. The molecule has 0 bridgehead atoms. The van der Waals surface area contributed by atoms with Crippen molar-refractivity contribution in [3.05, 3.63) is 22.7 Å². The van der Waals surface area contributed by atoms with Gasteiger partial charge in [0.25, 0.3) is 0 Å².